The molecule has 0 amide bonds. The van der Waals surface area contributed by atoms with Crippen molar-refractivity contribution >= 4 is 17.9 Å². The summed E-state index contributed by atoms with van der Waals surface area (Å²) in [7, 11) is 0. The van der Waals surface area contributed by atoms with Crippen LogP contribution in [-0.2, 0) is 28.6 Å². The smallest absolute Gasteiger partial charge is 0.306 e. The molecule has 0 spiro atoms. The molecule has 0 saturated carbocycles. The van der Waals surface area contributed by atoms with Crippen molar-refractivity contribution in [2.24, 2.45) is 17.8 Å². The standard InChI is InChI=1S/C54H104O6/c1-48(2)40-34-28-22-18-15-13-11-9-7-8-10-12-14-16-20-25-33-39-45-54(57)60-51(47-59-53(56)44-38-32-27-26-30-36-42-50(5)6)46-58-52(55)43-37-31-24-21-17-19-23-29-35-41-49(3)4/h48-51H,7-47H2,1-6H3/t51-/m1/s1. The quantitative estimate of drug-likeness (QED) is 0.0345. The summed E-state index contributed by atoms with van der Waals surface area (Å²) in [6.45, 7) is 13.7. The number of carbonyl (C=O) groups is 3. The van der Waals surface area contributed by atoms with Crippen molar-refractivity contribution in [2.75, 3.05) is 13.2 Å². The number of esters is 3. The topological polar surface area (TPSA) is 78.9 Å². The van der Waals surface area contributed by atoms with Gasteiger partial charge in [0.2, 0.25) is 0 Å². The highest BCUT2D eigenvalue weighted by Crippen LogP contribution is 2.18. The zero-order valence-corrected chi connectivity index (χ0v) is 41.3. The van der Waals surface area contributed by atoms with Crippen LogP contribution in [0.2, 0.25) is 0 Å². The summed E-state index contributed by atoms with van der Waals surface area (Å²) in [6, 6.07) is 0. The lowest BCUT2D eigenvalue weighted by Crippen LogP contribution is -2.30. The van der Waals surface area contributed by atoms with E-state index in [1.165, 1.54) is 173 Å². The van der Waals surface area contributed by atoms with Crippen molar-refractivity contribution in [3.05, 3.63) is 0 Å². The molecule has 0 aliphatic rings. The maximum atomic E-state index is 12.8. The maximum Gasteiger partial charge on any atom is 0.306 e. The summed E-state index contributed by atoms with van der Waals surface area (Å²) in [5.74, 6) is 1.57. The summed E-state index contributed by atoms with van der Waals surface area (Å²) in [6.07, 6.45) is 45.4. The molecule has 0 aliphatic heterocycles. The van der Waals surface area contributed by atoms with Crippen LogP contribution in [0.25, 0.3) is 0 Å². The predicted molar refractivity (Wildman–Crippen MR) is 256 cm³/mol. The van der Waals surface area contributed by atoms with E-state index in [1.54, 1.807) is 0 Å². The lowest BCUT2D eigenvalue weighted by atomic mass is 10.0. The fraction of sp³-hybridized carbons (Fsp3) is 0.944. The van der Waals surface area contributed by atoms with Gasteiger partial charge in [0.05, 0.1) is 0 Å². The molecule has 0 fully saturated rings. The minimum absolute atomic E-state index is 0.0657. The van der Waals surface area contributed by atoms with Gasteiger partial charge in [0.15, 0.2) is 6.10 Å². The Kier molecular flexibility index (Phi) is 44.2. The first-order valence-corrected chi connectivity index (χ1v) is 26.6. The van der Waals surface area contributed by atoms with E-state index in [0.29, 0.717) is 19.3 Å². The van der Waals surface area contributed by atoms with Crippen LogP contribution in [0.3, 0.4) is 0 Å². The summed E-state index contributed by atoms with van der Waals surface area (Å²) >= 11 is 0. The van der Waals surface area contributed by atoms with Gasteiger partial charge in [-0.15, -0.1) is 0 Å². The maximum absolute atomic E-state index is 12.8. The highest BCUT2D eigenvalue weighted by Gasteiger charge is 2.19. The minimum Gasteiger partial charge on any atom is -0.462 e. The molecular formula is C54H104O6. The molecule has 0 aromatic heterocycles. The highest BCUT2D eigenvalue weighted by atomic mass is 16.6. The fourth-order valence-corrected chi connectivity index (χ4v) is 8.12. The third kappa shape index (κ3) is 47.5. The summed E-state index contributed by atoms with van der Waals surface area (Å²) < 4.78 is 16.8. The third-order valence-corrected chi connectivity index (χ3v) is 12.1. The number of unbranched alkanes of at least 4 members (excludes halogenated alkanes) is 30. The third-order valence-electron chi connectivity index (χ3n) is 12.1. The Labute approximate surface area is 374 Å². The molecule has 0 saturated heterocycles. The summed E-state index contributed by atoms with van der Waals surface area (Å²) in [5, 5.41) is 0. The molecule has 6 nitrogen and oxygen atoms in total. The molecule has 0 N–H and O–H groups in total. The molecule has 0 aliphatic carbocycles. The van der Waals surface area contributed by atoms with Gasteiger partial charge in [0.25, 0.3) is 0 Å². The Morgan fingerprint density at radius 3 is 0.717 bits per heavy atom. The van der Waals surface area contributed by atoms with Crippen LogP contribution in [0.5, 0.6) is 0 Å². The molecule has 0 heterocycles. The lowest BCUT2D eigenvalue weighted by Gasteiger charge is -2.18. The van der Waals surface area contributed by atoms with E-state index >= 15 is 0 Å². The molecule has 1 atom stereocenters. The van der Waals surface area contributed by atoms with Crippen LogP contribution in [0.1, 0.15) is 292 Å². The molecule has 356 valence electrons. The lowest BCUT2D eigenvalue weighted by molar-refractivity contribution is -0.167. The predicted octanol–water partition coefficient (Wildman–Crippen LogP) is 17.2. The summed E-state index contributed by atoms with van der Waals surface area (Å²) in [4.78, 5) is 37.9. The van der Waals surface area contributed by atoms with Gasteiger partial charge in [-0.05, 0) is 37.0 Å². The first-order chi connectivity index (χ1) is 29.1. The van der Waals surface area contributed by atoms with E-state index in [9.17, 15) is 14.4 Å². The van der Waals surface area contributed by atoms with E-state index in [0.717, 1.165) is 75.5 Å². The van der Waals surface area contributed by atoms with Crippen LogP contribution in [0.4, 0.5) is 0 Å². The van der Waals surface area contributed by atoms with Gasteiger partial charge in [-0.1, -0.05) is 253 Å². The number of carbonyl (C=O) groups excluding carboxylic acids is 3. The monoisotopic (exact) mass is 849 g/mol. The Morgan fingerprint density at radius 1 is 0.283 bits per heavy atom. The zero-order chi connectivity index (χ0) is 44.2. The Balaban J connectivity index is 4.20. The molecule has 60 heavy (non-hydrogen) atoms. The van der Waals surface area contributed by atoms with Gasteiger partial charge < -0.3 is 14.2 Å². The largest absolute Gasteiger partial charge is 0.462 e. The van der Waals surface area contributed by atoms with Crippen LogP contribution in [0.15, 0.2) is 0 Å². The van der Waals surface area contributed by atoms with E-state index < -0.39 is 6.10 Å². The number of rotatable bonds is 47. The van der Waals surface area contributed by atoms with E-state index in [2.05, 4.69) is 41.5 Å². The summed E-state index contributed by atoms with van der Waals surface area (Å²) in [5.41, 5.74) is 0. The van der Waals surface area contributed by atoms with Gasteiger partial charge in [-0.25, -0.2) is 0 Å². The van der Waals surface area contributed by atoms with Gasteiger partial charge in [0.1, 0.15) is 13.2 Å². The Morgan fingerprint density at radius 2 is 0.483 bits per heavy atom. The number of hydrogen-bond donors (Lipinski definition) is 0. The molecule has 0 radical (unpaired) electrons. The second-order valence-electron chi connectivity index (χ2n) is 19.9. The van der Waals surface area contributed by atoms with Crippen molar-refractivity contribution in [3.8, 4) is 0 Å². The molecule has 0 aromatic carbocycles. The normalized spacial score (nSPS) is 12.2. The first-order valence-electron chi connectivity index (χ1n) is 26.6. The SMILES string of the molecule is CC(C)CCCCCCCCCCCCCCCCCCCCC(=O)O[C@H](COC(=O)CCCCCCCCCCCC(C)C)COC(=O)CCCCCCCCC(C)C. The van der Waals surface area contributed by atoms with E-state index in [-0.39, 0.29) is 31.1 Å². The van der Waals surface area contributed by atoms with Gasteiger partial charge in [-0.3, -0.25) is 14.4 Å². The second kappa shape index (κ2) is 45.4. The van der Waals surface area contributed by atoms with Crippen LogP contribution in [-0.4, -0.2) is 37.2 Å². The molecule has 0 bridgehead atoms. The molecule has 6 heteroatoms. The second-order valence-corrected chi connectivity index (χ2v) is 19.9. The van der Waals surface area contributed by atoms with Crippen molar-refractivity contribution in [2.45, 2.75) is 298 Å². The molecule has 0 unspecified atom stereocenters. The van der Waals surface area contributed by atoms with Crippen LogP contribution >= 0.6 is 0 Å². The highest BCUT2D eigenvalue weighted by molar-refractivity contribution is 5.71. The van der Waals surface area contributed by atoms with Gasteiger partial charge in [0, 0.05) is 19.3 Å². The average molecular weight is 849 g/mol. The minimum atomic E-state index is -0.763. The van der Waals surface area contributed by atoms with Crippen LogP contribution in [0, 0.1) is 17.8 Å². The zero-order valence-electron chi connectivity index (χ0n) is 41.3. The van der Waals surface area contributed by atoms with Crippen molar-refractivity contribution in [1.29, 1.82) is 0 Å². The Hall–Kier alpha value is -1.59. The van der Waals surface area contributed by atoms with Crippen molar-refractivity contribution in [1.82, 2.24) is 0 Å². The fourth-order valence-electron chi connectivity index (χ4n) is 8.12. The average Bonchev–Trinajstić information content (AvgIpc) is 3.20. The number of hydrogen-bond acceptors (Lipinski definition) is 6. The van der Waals surface area contributed by atoms with Crippen LogP contribution < -0.4 is 0 Å². The first kappa shape index (κ1) is 58.4. The molecule has 0 rings (SSSR count). The van der Waals surface area contributed by atoms with Gasteiger partial charge in [-0.2, -0.15) is 0 Å². The van der Waals surface area contributed by atoms with Crippen molar-refractivity contribution < 1.29 is 28.6 Å². The molecular weight excluding hydrogens is 745 g/mol. The van der Waals surface area contributed by atoms with E-state index in [1.807, 2.05) is 0 Å². The van der Waals surface area contributed by atoms with Gasteiger partial charge >= 0.3 is 17.9 Å². The van der Waals surface area contributed by atoms with E-state index in [4.69, 9.17) is 14.2 Å². The molecule has 0 aromatic rings. The Bertz CT molecular complexity index is 929. The number of ether oxygens (including phenoxy) is 3. The van der Waals surface area contributed by atoms with Crippen molar-refractivity contribution in [3.63, 3.8) is 0 Å².